The van der Waals surface area contributed by atoms with Gasteiger partial charge in [0.25, 0.3) is 0 Å². The van der Waals surface area contributed by atoms with E-state index in [2.05, 4.69) is 11.9 Å². The Labute approximate surface area is 111 Å². The van der Waals surface area contributed by atoms with E-state index in [1.165, 1.54) is 17.8 Å². The monoisotopic (exact) mass is 268 g/mol. The van der Waals surface area contributed by atoms with Gasteiger partial charge in [-0.15, -0.1) is 11.3 Å². The van der Waals surface area contributed by atoms with Crippen LogP contribution in [0.25, 0.3) is 0 Å². The van der Waals surface area contributed by atoms with Gasteiger partial charge in [0.2, 0.25) is 0 Å². The maximum atomic E-state index is 10.6. The van der Waals surface area contributed by atoms with Crippen LogP contribution in [0, 0.1) is 5.92 Å². The molecule has 0 radical (unpaired) electrons. The van der Waals surface area contributed by atoms with E-state index < -0.39 is 5.97 Å². The van der Waals surface area contributed by atoms with Crippen molar-refractivity contribution in [1.82, 2.24) is 4.98 Å². The van der Waals surface area contributed by atoms with E-state index in [1.54, 1.807) is 0 Å². The third kappa shape index (κ3) is 2.90. The summed E-state index contributed by atoms with van der Waals surface area (Å²) < 4.78 is 0. The van der Waals surface area contributed by atoms with Crippen molar-refractivity contribution in [2.45, 2.75) is 51.0 Å². The summed E-state index contributed by atoms with van der Waals surface area (Å²) in [5.74, 6) is -0.0484. The van der Waals surface area contributed by atoms with Crippen molar-refractivity contribution in [2.75, 3.05) is 0 Å². The molecule has 0 atom stereocenters. The maximum absolute atomic E-state index is 10.6. The van der Waals surface area contributed by atoms with Crippen LogP contribution in [0.5, 0.6) is 0 Å². The normalized spacial score (nSPS) is 28.2. The molecule has 3 N–H and O–H groups in total. The van der Waals surface area contributed by atoms with Gasteiger partial charge in [0, 0.05) is 5.38 Å². The van der Waals surface area contributed by atoms with Crippen molar-refractivity contribution >= 4 is 17.3 Å². The zero-order valence-corrected chi connectivity index (χ0v) is 11.5. The van der Waals surface area contributed by atoms with E-state index >= 15 is 0 Å². The standard InChI is InChI=1S/C13H20N2O2S/c1-2-9-3-5-13(14,6-4-9)12-15-10(8-18-12)7-11(16)17/h8-9H,2-7,14H2,1H3,(H,16,17). The van der Waals surface area contributed by atoms with Gasteiger partial charge in [-0.3, -0.25) is 4.79 Å². The molecule has 1 heterocycles. The van der Waals surface area contributed by atoms with E-state index in [4.69, 9.17) is 10.8 Å². The molecule has 1 fully saturated rings. The number of carbonyl (C=O) groups is 1. The fourth-order valence-corrected chi connectivity index (χ4v) is 3.58. The first-order valence-corrected chi connectivity index (χ1v) is 7.37. The Balaban J connectivity index is 2.06. The van der Waals surface area contributed by atoms with Gasteiger partial charge in [-0.25, -0.2) is 4.98 Å². The molecule has 0 amide bonds. The van der Waals surface area contributed by atoms with E-state index in [-0.39, 0.29) is 12.0 Å². The minimum Gasteiger partial charge on any atom is -0.481 e. The van der Waals surface area contributed by atoms with Crippen molar-refractivity contribution in [3.63, 3.8) is 0 Å². The van der Waals surface area contributed by atoms with Crippen molar-refractivity contribution < 1.29 is 9.90 Å². The number of carboxylic acids is 1. The Kier molecular flexibility index (Phi) is 4.02. The summed E-state index contributed by atoms with van der Waals surface area (Å²) >= 11 is 1.51. The average Bonchev–Trinajstić information content (AvgIpc) is 2.78. The van der Waals surface area contributed by atoms with Gasteiger partial charge in [0.05, 0.1) is 17.7 Å². The topological polar surface area (TPSA) is 76.2 Å². The van der Waals surface area contributed by atoms with Crippen molar-refractivity contribution in [3.8, 4) is 0 Å². The fourth-order valence-electron chi connectivity index (χ4n) is 2.59. The van der Waals surface area contributed by atoms with Gasteiger partial charge < -0.3 is 10.8 Å². The molecule has 0 spiro atoms. The van der Waals surface area contributed by atoms with Gasteiger partial charge >= 0.3 is 5.97 Å². The number of aromatic nitrogens is 1. The van der Waals surface area contributed by atoms with Gasteiger partial charge in [0.1, 0.15) is 5.01 Å². The predicted molar refractivity (Wildman–Crippen MR) is 71.6 cm³/mol. The van der Waals surface area contributed by atoms with Crippen LogP contribution in [0.3, 0.4) is 0 Å². The lowest BCUT2D eigenvalue weighted by molar-refractivity contribution is -0.136. The van der Waals surface area contributed by atoms with Gasteiger partial charge in [-0.2, -0.15) is 0 Å². The minimum absolute atomic E-state index is 0.00976. The number of thiazole rings is 1. The first-order valence-electron chi connectivity index (χ1n) is 6.49. The summed E-state index contributed by atoms with van der Waals surface area (Å²) in [6.07, 6.45) is 5.45. The third-order valence-corrected chi connectivity index (χ3v) is 5.00. The molecular weight excluding hydrogens is 248 g/mol. The summed E-state index contributed by atoms with van der Waals surface area (Å²) in [5, 5.41) is 11.5. The summed E-state index contributed by atoms with van der Waals surface area (Å²) in [7, 11) is 0. The molecule has 0 aromatic carbocycles. The Morgan fingerprint density at radius 1 is 1.61 bits per heavy atom. The van der Waals surface area contributed by atoms with Crippen LogP contribution in [0.4, 0.5) is 0 Å². The van der Waals surface area contributed by atoms with E-state index in [0.29, 0.717) is 5.69 Å². The first kappa shape index (κ1) is 13.5. The molecule has 2 rings (SSSR count). The Morgan fingerprint density at radius 3 is 2.83 bits per heavy atom. The van der Waals surface area contributed by atoms with Crippen LogP contribution in [0.1, 0.15) is 49.7 Å². The van der Waals surface area contributed by atoms with Crippen LogP contribution >= 0.6 is 11.3 Å². The average molecular weight is 268 g/mol. The van der Waals surface area contributed by atoms with Crippen molar-refractivity contribution in [3.05, 3.63) is 16.1 Å². The molecule has 18 heavy (non-hydrogen) atoms. The van der Waals surface area contributed by atoms with Crippen molar-refractivity contribution in [1.29, 1.82) is 0 Å². The molecule has 100 valence electrons. The minimum atomic E-state index is -0.840. The summed E-state index contributed by atoms with van der Waals surface area (Å²) in [5.41, 5.74) is 6.75. The molecule has 0 unspecified atom stereocenters. The second kappa shape index (κ2) is 5.36. The molecule has 1 aliphatic rings. The molecule has 1 aromatic heterocycles. The number of carboxylic acid groups (broad SMARTS) is 1. The lowest BCUT2D eigenvalue weighted by atomic mass is 9.76. The summed E-state index contributed by atoms with van der Waals surface area (Å²) in [6.45, 7) is 2.22. The number of nitrogens with two attached hydrogens (primary N) is 1. The Bertz CT molecular complexity index is 422. The number of aliphatic carboxylic acids is 1. The third-order valence-electron chi connectivity index (χ3n) is 3.88. The summed E-state index contributed by atoms with van der Waals surface area (Å²) in [6, 6.07) is 0. The highest BCUT2D eigenvalue weighted by atomic mass is 32.1. The second-order valence-corrected chi connectivity index (χ2v) is 6.08. The van der Waals surface area contributed by atoms with Crippen molar-refractivity contribution in [2.24, 2.45) is 11.7 Å². The zero-order valence-electron chi connectivity index (χ0n) is 10.7. The van der Waals surface area contributed by atoms with Crippen LogP contribution < -0.4 is 5.73 Å². The number of nitrogens with zero attached hydrogens (tertiary/aromatic N) is 1. The highest BCUT2D eigenvalue weighted by Crippen LogP contribution is 2.39. The molecule has 5 heteroatoms. The highest BCUT2D eigenvalue weighted by molar-refractivity contribution is 7.09. The van der Waals surface area contributed by atoms with E-state index in [0.717, 1.165) is 36.6 Å². The first-order chi connectivity index (χ1) is 8.53. The Hall–Kier alpha value is -0.940. The maximum Gasteiger partial charge on any atom is 0.309 e. The molecule has 1 aromatic rings. The van der Waals surface area contributed by atoms with Crippen LogP contribution in [0.2, 0.25) is 0 Å². The van der Waals surface area contributed by atoms with Gasteiger partial charge in [0.15, 0.2) is 0 Å². The molecule has 1 aliphatic carbocycles. The van der Waals surface area contributed by atoms with Gasteiger partial charge in [-0.1, -0.05) is 13.3 Å². The Morgan fingerprint density at radius 2 is 2.28 bits per heavy atom. The lowest BCUT2D eigenvalue weighted by Gasteiger charge is -2.35. The molecule has 4 nitrogen and oxygen atoms in total. The number of rotatable bonds is 4. The highest BCUT2D eigenvalue weighted by Gasteiger charge is 2.35. The molecule has 0 saturated heterocycles. The van der Waals surface area contributed by atoms with E-state index in [9.17, 15) is 4.79 Å². The molecular formula is C13H20N2O2S. The summed E-state index contributed by atoms with van der Waals surface area (Å²) in [4.78, 5) is 15.1. The number of hydrogen-bond acceptors (Lipinski definition) is 4. The molecule has 0 bridgehead atoms. The van der Waals surface area contributed by atoms with Crippen LogP contribution in [0.15, 0.2) is 5.38 Å². The van der Waals surface area contributed by atoms with Gasteiger partial charge in [-0.05, 0) is 31.6 Å². The molecule has 1 saturated carbocycles. The quantitative estimate of drug-likeness (QED) is 0.879. The molecule has 0 aliphatic heterocycles. The SMILES string of the molecule is CCC1CCC(N)(c2nc(CC(=O)O)cs2)CC1. The van der Waals surface area contributed by atoms with Crippen LogP contribution in [-0.2, 0) is 16.8 Å². The predicted octanol–water partition coefficient (Wildman–Crippen LogP) is 2.52. The lowest BCUT2D eigenvalue weighted by Crippen LogP contribution is -2.40. The number of hydrogen-bond donors (Lipinski definition) is 2. The fraction of sp³-hybridized carbons (Fsp3) is 0.692. The van der Waals surface area contributed by atoms with Crippen LogP contribution in [-0.4, -0.2) is 16.1 Å². The zero-order chi connectivity index (χ0) is 13.2. The second-order valence-electron chi connectivity index (χ2n) is 5.22. The van der Waals surface area contributed by atoms with E-state index in [1.807, 2.05) is 5.38 Å². The largest absolute Gasteiger partial charge is 0.481 e. The smallest absolute Gasteiger partial charge is 0.309 e.